The Morgan fingerprint density at radius 2 is 1.55 bits per heavy atom. The lowest BCUT2D eigenvalue weighted by molar-refractivity contribution is -0.323. The second kappa shape index (κ2) is 15.4. The number of aliphatic hydroxyl groups is 3. The van der Waals surface area contributed by atoms with Gasteiger partial charge in [-0.25, -0.2) is 5.48 Å². The molecule has 6 unspecified atom stereocenters. The summed E-state index contributed by atoms with van der Waals surface area (Å²) in [5, 5.41) is 44.0. The molecule has 4 rings (SSSR count). The number of aliphatic hydroxyl groups excluding tert-OH is 3. The maximum Gasteiger partial charge on any atom is 0.185 e. The molecule has 0 amide bonds. The second-order valence-corrected chi connectivity index (χ2v) is 15.7. The van der Waals surface area contributed by atoms with Gasteiger partial charge in [0.15, 0.2) is 18.9 Å². The maximum atomic E-state index is 11.7. The number of methoxy groups -OCH3 is 1. The molecule has 19 atom stereocenters. The molecule has 47 heavy (non-hydrogen) atoms. The number of hydrogen-bond donors (Lipinski definition) is 5. The van der Waals surface area contributed by atoms with Crippen molar-refractivity contribution in [1.29, 1.82) is 0 Å². The summed E-state index contributed by atoms with van der Waals surface area (Å²) >= 11 is 0. The molecule has 4 aliphatic rings. The maximum absolute atomic E-state index is 11.7. The Morgan fingerprint density at radius 3 is 2.15 bits per heavy atom. The highest BCUT2D eigenvalue weighted by Crippen LogP contribution is 2.48. The van der Waals surface area contributed by atoms with E-state index in [4.69, 9.17) is 33.2 Å². The smallest absolute Gasteiger partial charge is 0.185 e. The summed E-state index contributed by atoms with van der Waals surface area (Å²) in [6.45, 7) is 17.4. The minimum Gasteiger partial charge on any atom is -0.387 e. The minimum atomic E-state index is -1.29. The normalized spacial score (nSPS) is 52.3. The second-order valence-electron chi connectivity index (χ2n) is 15.7. The lowest BCUT2D eigenvalue weighted by Gasteiger charge is -2.49. The number of likely N-dealkylation sites (N-methyl/N-ethyl adjacent to an activating group) is 1. The van der Waals surface area contributed by atoms with Crippen LogP contribution in [0.25, 0.3) is 0 Å². The number of hydroxylamine groups is 1. The van der Waals surface area contributed by atoms with Gasteiger partial charge in [-0.05, 0) is 67.5 Å². The number of nitrogens with one attached hydrogen (secondary N) is 1. The van der Waals surface area contributed by atoms with Gasteiger partial charge in [0, 0.05) is 37.3 Å². The molecule has 276 valence electrons. The number of hydrogen-bond acceptors (Lipinski definition) is 13. The van der Waals surface area contributed by atoms with E-state index in [1.54, 1.807) is 21.0 Å². The molecule has 0 aromatic carbocycles. The van der Waals surface area contributed by atoms with Crippen molar-refractivity contribution in [2.75, 3.05) is 21.2 Å². The van der Waals surface area contributed by atoms with E-state index in [0.717, 1.165) is 0 Å². The Balaban J connectivity index is 1.78. The van der Waals surface area contributed by atoms with Crippen LogP contribution in [0.1, 0.15) is 81.6 Å². The minimum absolute atomic E-state index is 0.0794. The SMILES string of the molecule is COC1(C)C[C@H](O[C@@H]2[C@@H](C)[C@@H](O)O[C@@H]([C@H](C)NO)[C@@H](C)C3OC(C)(C[C@@H]3C)[C@H](O[C@@H]3O[C@H](C)CC(N(C)C)C3O)[C@H]2C)OC(C)[C@@H]1O. The van der Waals surface area contributed by atoms with Crippen LogP contribution >= 0.6 is 0 Å². The van der Waals surface area contributed by atoms with E-state index < -0.39 is 84.6 Å². The Hall–Kier alpha value is -0.520. The Labute approximate surface area is 281 Å². The number of fused-ring (bicyclic) bond motifs is 2. The molecule has 4 heterocycles. The van der Waals surface area contributed by atoms with Gasteiger partial charge in [-0.3, -0.25) is 0 Å². The van der Waals surface area contributed by atoms with Gasteiger partial charge in [-0.15, -0.1) is 0 Å². The highest BCUT2D eigenvalue weighted by atomic mass is 16.7. The van der Waals surface area contributed by atoms with E-state index in [2.05, 4.69) is 12.4 Å². The zero-order valence-corrected chi connectivity index (χ0v) is 30.5. The first kappa shape index (κ1) is 39.3. The standard InChI is InChI=1S/C34H64N2O11/c1-16-14-34(9)30(46-32-25(37)23(36(10)11)13-17(2)42-32)19(4)27(44-24-15-33(8,41-12)29(38)22(7)43-24)20(5)31(39)45-28(21(6)35-40)18(3)26(16)47-34/h16-32,35,37-40H,13-15H2,1-12H3/t16-,17+,18-,19-,20+,21-,22?,23?,24-,25?,26?,27-,28+,29-,30+,31-,32-,33?,34?/m0/s1. The van der Waals surface area contributed by atoms with Crippen molar-refractivity contribution in [2.24, 2.45) is 23.7 Å². The zero-order chi connectivity index (χ0) is 35.2. The van der Waals surface area contributed by atoms with Crippen LogP contribution < -0.4 is 5.48 Å². The largest absolute Gasteiger partial charge is 0.387 e. The summed E-state index contributed by atoms with van der Waals surface area (Å²) in [6, 6.07) is -0.684. The highest BCUT2D eigenvalue weighted by Gasteiger charge is 2.57. The van der Waals surface area contributed by atoms with Crippen molar-refractivity contribution in [1.82, 2.24) is 10.4 Å². The third-order valence-electron chi connectivity index (χ3n) is 11.6. The van der Waals surface area contributed by atoms with Crippen LogP contribution in [0.2, 0.25) is 0 Å². The van der Waals surface area contributed by atoms with E-state index in [-0.39, 0.29) is 36.5 Å². The Kier molecular flexibility index (Phi) is 12.9. The third kappa shape index (κ3) is 8.03. The van der Waals surface area contributed by atoms with Gasteiger partial charge in [0.1, 0.15) is 12.2 Å². The molecule has 13 heteroatoms. The molecular weight excluding hydrogens is 612 g/mol. The first-order valence-corrected chi connectivity index (χ1v) is 17.5. The quantitative estimate of drug-likeness (QED) is 0.239. The van der Waals surface area contributed by atoms with Crippen molar-refractivity contribution in [3.63, 3.8) is 0 Å². The first-order valence-electron chi connectivity index (χ1n) is 17.5. The molecule has 4 fully saturated rings. The summed E-state index contributed by atoms with van der Waals surface area (Å²) in [6.07, 6.45) is -6.21. The van der Waals surface area contributed by atoms with Gasteiger partial charge >= 0.3 is 0 Å². The van der Waals surface area contributed by atoms with Gasteiger partial charge in [0.2, 0.25) is 0 Å². The van der Waals surface area contributed by atoms with Crippen LogP contribution in [0.3, 0.4) is 0 Å². The molecule has 5 N–H and O–H groups in total. The number of nitrogens with zero attached hydrogens (tertiary/aromatic N) is 1. The van der Waals surface area contributed by atoms with Crippen molar-refractivity contribution in [3.8, 4) is 0 Å². The van der Waals surface area contributed by atoms with Gasteiger partial charge in [-0.2, -0.15) is 0 Å². The average Bonchev–Trinajstić information content (AvgIpc) is 3.33. The molecule has 4 aliphatic heterocycles. The van der Waals surface area contributed by atoms with Crippen LogP contribution in [0.15, 0.2) is 0 Å². The topological polar surface area (TPSA) is 161 Å². The van der Waals surface area contributed by atoms with Gasteiger partial charge in [0.25, 0.3) is 0 Å². The molecule has 0 spiro atoms. The summed E-state index contributed by atoms with van der Waals surface area (Å²) in [4.78, 5) is 2.00. The van der Waals surface area contributed by atoms with E-state index in [0.29, 0.717) is 12.8 Å². The highest BCUT2D eigenvalue weighted by molar-refractivity contribution is 5.03. The lowest BCUT2D eigenvalue weighted by Crippen LogP contribution is -2.60. The third-order valence-corrected chi connectivity index (χ3v) is 11.6. The van der Waals surface area contributed by atoms with E-state index >= 15 is 0 Å². The Morgan fingerprint density at radius 1 is 0.894 bits per heavy atom. The molecule has 0 radical (unpaired) electrons. The van der Waals surface area contributed by atoms with Crippen LogP contribution in [-0.4, -0.2) is 138 Å². The van der Waals surface area contributed by atoms with Crippen LogP contribution in [0, 0.1) is 23.7 Å². The van der Waals surface area contributed by atoms with E-state index in [1.165, 1.54) is 0 Å². The predicted molar refractivity (Wildman–Crippen MR) is 172 cm³/mol. The fourth-order valence-corrected chi connectivity index (χ4v) is 8.74. The monoisotopic (exact) mass is 676 g/mol. The summed E-state index contributed by atoms with van der Waals surface area (Å²) in [5.41, 5.74) is 0.562. The molecule has 0 saturated carbocycles. The van der Waals surface area contributed by atoms with Crippen molar-refractivity contribution in [2.45, 2.75) is 173 Å². The summed E-state index contributed by atoms with van der Waals surface area (Å²) in [5.74, 6) is -1.20. The van der Waals surface area contributed by atoms with Crippen LogP contribution in [0.4, 0.5) is 0 Å². The summed E-state index contributed by atoms with van der Waals surface area (Å²) < 4.78 is 45.3. The Bertz CT molecular complexity index is 1010. The molecule has 0 aliphatic carbocycles. The fraction of sp³-hybridized carbons (Fsp3) is 1.00. The van der Waals surface area contributed by atoms with Crippen LogP contribution in [0.5, 0.6) is 0 Å². The number of rotatable bonds is 8. The molecule has 13 nitrogen and oxygen atoms in total. The average molecular weight is 677 g/mol. The predicted octanol–water partition coefficient (Wildman–Crippen LogP) is 2.26. The zero-order valence-electron chi connectivity index (χ0n) is 30.5. The van der Waals surface area contributed by atoms with Crippen molar-refractivity contribution < 1.29 is 53.7 Å². The van der Waals surface area contributed by atoms with Crippen molar-refractivity contribution in [3.05, 3.63) is 0 Å². The number of ether oxygens (including phenoxy) is 7. The first-order chi connectivity index (χ1) is 21.9. The van der Waals surface area contributed by atoms with E-state index in [9.17, 15) is 20.5 Å². The van der Waals surface area contributed by atoms with Crippen molar-refractivity contribution >= 4 is 0 Å². The molecular formula is C34H64N2O11. The molecule has 0 aromatic heterocycles. The fourth-order valence-electron chi connectivity index (χ4n) is 8.74. The van der Waals surface area contributed by atoms with Gasteiger partial charge in [-0.1, -0.05) is 27.7 Å². The molecule has 2 bridgehead atoms. The van der Waals surface area contributed by atoms with E-state index in [1.807, 2.05) is 60.5 Å². The summed E-state index contributed by atoms with van der Waals surface area (Å²) in [7, 11) is 5.44. The molecule has 0 aromatic rings. The molecule has 4 saturated heterocycles. The van der Waals surface area contributed by atoms with Gasteiger partial charge in [0.05, 0.1) is 53.9 Å². The van der Waals surface area contributed by atoms with Gasteiger partial charge < -0.3 is 58.6 Å². The van der Waals surface area contributed by atoms with Crippen LogP contribution in [-0.2, 0) is 33.2 Å². The lowest BCUT2D eigenvalue weighted by atomic mass is 9.77.